The quantitative estimate of drug-likeness (QED) is 0.640. The number of quaternary nitrogens is 1. The van der Waals surface area contributed by atoms with Gasteiger partial charge in [-0.15, -0.1) is 0 Å². The number of esters is 1. The van der Waals surface area contributed by atoms with Crippen molar-refractivity contribution in [1.29, 1.82) is 0 Å². The molecule has 0 saturated heterocycles. The lowest BCUT2D eigenvalue weighted by Gasteiger charge is -2.13. The van der Waals surface area contributed by atoms with Gasteiger partial charge < -0.3 is 18.9 Å². The van der Waals surface area contributed by atoms with Gasteiger partial charge in [0.25, 0.3) is 0 Å². The van der Waals surface area contributed by atoms with Crippen molar-refractivity contribution in [2.75, 3.05) is 27.8 Å². The first-order chi connectivity index (χ1) is 13.5. The zero-order chi connectivity index (χ0) is 20.3. The van der Waals surface area contributed by atoms with Crippen LogP contribution in [0.2, 0.25) is 0 Å². The van der Waals surface area contributed by atoms with Gasteiger partial charge >= 0.3 is 5.97 Å². The Morgan fingerprint density at radius 2 is 1.86 bits per heavy atom. The Bertz CT molecular complexity index is 975. The van der Waals surface area contributed by atoms with E-state index >= 15 is 0 Å². The third kappa shape index (κ3) is 3.90. The fourth-order valence-corrected chi connectivity index (χ4v) is 3.69. The van der Waals surface area contributed by atoms with Crippen LogP contribution < -0.4 is 9.64 Å². The topological polar surface area (TPSA) is 44.9 Å². The van der Waals surface area contributed by atoms with E-state index < -0.39 is 0 Å². The molecule has 3 aromatic rings. The molecular weight excluding hydrogens is 352 g/mol. The summed E-state index contributed by atoms with van der Waals surface area (Å²) in [5.41, 5.74) is 4.87. The fraction of sp³-hybridized carbons (Fsp3) is 0.348. The Labute approximate surface area is 166 Å². The number of nitrogens with one attached hydrogen (secondary N) is 1. The minimum absolute atomic E-state index is 0.287. The molecule has 0 radical (unpaired) electrons. The standard InChI is InChI=1S/C23H28N2O3/c1-6-28-23(26)22-16(2)25(14-17-10-8-7-9-11-17)20-12-18(15-24(3)4)21(27-5)13-19(20)22/h7-13H,6,14-15H2,1-5H3/p+1. The molecule has 0 amide bonds. The minimum atomic E-state index is -0.287. The monoisotopic (exact) mass is 381 g/mol. The number of methoxy groups -OCH3 is 1. The molecule has 0 bridgehead atoms. The lowest BCUT2D eigenvalue weighted by atomic mass is 10.1. The Kier molecular flexibility index (Phi) is 6.05. The van der Waals surface area contributed by atoms with Gasteiger partial charge in [-0.2, -0.15) is 0 Å². The van der Waals surface area contributed by atoms with Gasteiger partial charge in [-0.3, -0.25) is 0 Å². The van der Waals surface area contributed by atoms with Crippen LogP contribution in [0, 0.1) is 6.92 Å². The van der Waals surface area contributed by atoms with Crippen molar-refractivity contribution in [3.63, 3.8) is 0 Å². The maximum absolute atomic E-state index is 12.7. The van der Waals surface area contributed by atoms with Gasteiger partial charge in [0, 0.05) is 17.6 Å². The van der Waals surface area contributed by atoms with Crippen LogP contribution in [-0.4, -0.2) is 38.3 Å². The Hall–Kier alpha value is -2.79. The van der Waals surface area contributed by atoms with Crippen molar-refractivity contribution in [3.05, 3.63) is 64.8 Å². The van der Waals surface area contributed by atoms with E-state index in [0.717, 1.165) is 34.5 Å². The minimum Gasteiger partial charge on any atom is -0.496 e. The van der Waals surface area contributed by atoms with Crippen molar-refractivity contribution in [3.8, 4) is 5.75 Å². The lowest BCUT2D eigenvalue weighted by Crippen LogP contribution is -3.04. The van der Waals surface area contributed by atoms with Crippen molar-refractivity contribution in [2.24, 2.45) is 0 Å². The largest absolute Gasteiger partial charge is 0.496 e. The van der Waals surface area contributed by atoms with Gasteiger partial charge in [0.2, 0.25) is 0 Å². The molecule has 0 unspecified atom stereocenters. The van der Waals surface area contributed by atoms with Crippen LogP contribution >= 0.6 is 0 Å². The maximum atomic E-state index is 12.7. The second-order valence-corrected chi connectivity index (χ2v) is 7.32. The molecule has 1 aromatic heterocycles. The van der Waals surface area contributed by atoms with E-state index in [0.29, 0.717) is 18.7 Å². The Morgan fingerprint density at radius 3 is 2.46 bits per heavy atom. The normalized spacial score (nSPS) is 11.2. The highest BCUT2D eigenvalue weighted by Gasteiger charge is 2.23. The van der Waals surface area contributed by atoms with Gasteiger partial charge in [-0.25, -0.2) is 4.79 Å². The number of rotatable bonds is 7. The highest BCUT2D eigenvalue weighted by molar-refractivity contribution is 6.06. The maximum Gasteiger partial charge on any atom is 0.340 e. The van der Waals surface area contributed by atoms with Gasteiger partial charge in [0.05, 0.1) is 44.5 Å². The summed E-state index contributed by atoms with van der Waals surface area (Å²) in [4.78, 5) is 14.0. The van der Waals surface area contributed by atoms with E-state index in [2.05, 4.69) is 36.9 Å². The first-order valence-corrected chi connectivity index (χ1v) is 9.66. The molecule has 3 rings (SSSR count). The molecular formula is C23H29N2O3+. The number of benzene rings is 2. The molecule has 0 saturated carbocycles. The van der Waals surface area contributed by atoms with E-state index in [-0.39, 0.29) is 5.97 Å². The molecule has 5 heteroatoms. The summed E-state index contributed by atoms with van der Waals surface area (Å²) in [5.74, 6) is 0.515. The Balaban J connectivity index is 2.24. The van der Waals surface area contributed by atoms with Gasteiger partial charge in [0.15, 0.2) is 0 Å². The predicted octanol–water partition coefficient (Wildman–Crippen LogP) is 2.83. The van der Waals surface area contributed by atoms with E-state index in [1.54, 1.807) is 7.11 Å². The molecule has 5 nitrogen and oxygen atoms in total. The molecule has 0 aliphatic carbocycles. The number of hydrogen-bond donors (Lipinski definition) is 1. The van der Waals surface area contributed by atoms with Gasteiger partial charge in [-0.05, 0) is 31.5 Å². The van der Waals surface area contributed by atoms with Crippen LogP contribution in [0.4, 0.5) is 0 Å². The number of carbonyl (C=O) groups excluding carboxylic acids is 1. The smallest absolute Gasteiger partial charge is 0.340 e. The van der Waals surface area contributed by atoms with Crippen molar-refractivity contribution in [2.45, 2.75) is 26.9 Å². The summed E-state index contributed by atoms with van der Waals surface area (Å²) in [5, 5.41) is 0.876. The SMILES string of the molecule is CCOC(=O)c1c(C)n(Cc2ccccc2)c2cc(C[NH+](C)C)c(OC)cc12. The molecule has 0 spiro atoms. The van der Waals surface area contributed by atoms with Crippen molar-refractivity contribution < 1.29 is 19.2 Å². The van der Waals surface area contributed by atoms with Crippen LogP contribution in [0.1, 0.15) is 34.1 Å². The summed E-state index contributed by atoms with van der Waals surface area (Å²) < 4.78 is 13.2. The van der Waals surface area contributed by atoms with E-state index in [9.17, 15) is 4.79 Å². The number of nitrogens with zero attached hydrogens (tertiary/aromatic N) is 1. The second-order valence-electron chi connectivity index (χ2n) is 7.32. The van der Waals surface area contributed by atoms with Crippen LogP contribution in [0.15, 0.2) is 42.5 Å². The number of aromatic nitrogens is 1. The van der Waals surface area contributed by atoms with E-state index in [1.165, 1.54) is 10.5 Å². The molecule has 2 aromatic carbocycles. The van der Waals surface area contributed by atoms with Crippen molar-refractivity contribution >= 4 is 16.9 Å². The van der Waals surface area contributed by atoms with Crippen LogP contribution in [-0.2, 0) is 17.8 Å². The number of carbonyl (C=O) groups is 1. The van der Waals surface area contributed by atoms with E-state index in [1.807, 2.05) is 38.1 Å². The first-order valence-electron chi connectivity index (χ1n) is 9.66. The number of fused-ring (bicyclic) bond motifs is 1. The van der Waals surface area contributed by atoms with Crippen LogP contribution in [0.25, 0.3) is 10.9 Å². The molecule has 0 aliphatic heterocycles. The Morgan fingerprint density at radius 1 is 1.14 bits per heavy atom. The van der Waals surface area contributed by atoms with Crippen LogP contribution in [0.3, 0.4) is 0 Å². The molecule has 1 heterocycles. The molecule has 0 atom stereocenters. The second kappa shape index (κ2) is 8.48. The zero-order valence-electron chi connectivity index (χ0n) is 17.3. The average molecular weight is 381 g/mol. The number of hydrogen-bond acceptors (Lipinski definition) is 3. The fourth-order valence-electron chi connectivity index (χ4n) is 3.69. The van der Waals surface area contributed by atoms with Crippen molar-refractivity contribution in [1.82, 2.24) is 4.57 Å². The molecule has 28 heavy (non-hydrogen) atoms. The highest BCUT2D eigenvalue weighted by atomic mass is 16.5. The zero-order valence-corrected chi connectivity index (χ0v) is 17.3. The molecule has 0 fully saturated rings. The summed E-state index contributed by atoms with van der Waals surface area (Å²) >= 11 is 0. The third-order valence-corrected chi connectivity index (χ3v) is 4.93. The predicted molar refractivity (Wildman–Crippen MR) is 111 cm³/mol. The summed E-state index contributed by atoms with van der Waals surface area (Å²) in [6.45, 7) is 5.70. The summed E-state index contributed by atoms with van der Waals surface area (Å²) in [6, 6.07) is 14.4. The third-order valence-electron chi connectivity index (χ3n) is 4.93. The lowest BCUT2D eigenvalue weighted by molar-refractivity contribution is -0.872. The molecule has 1 N–H and O–H groups in total. The first kappa shape index (κ1) is 20.0. The molecule has 148 valence electrons. The average Bonchev–Trinajstić information content (AvgIpc) is 2.93. The molecule has 0 aliphatic rings. The number of ether oxygens (including phenoxy) is 2. The summed E-state index contributed by atoms with van der Waals surface area (Å²) in [7, 11) is 5.90. The summed E-state index contributed by atoms with van der Waals surface area (Å²) in [6.07, 6.45) is 0. The van der Waals surface area contributed by atoms with Crippen LogP contribution in [0.5, 0.6) is 5.75 Å². The van der Waals surface area contributed by atoms with Gasteiger partial charge in [0.1, 0.15) is 12.3 Å². The highest BCUT2D eigenvalue weighted by Crippen LogP contribution is 2.33. The van der Waals surface area contributed by atoms with E-state index in [4.69, 9.17) is 9.47 Å². The van der Waals surface area contributed by atoms with Gasteiger partial charge in [-0.1, -0.05) is 30.3 Å².